The van der Waals surface area contributed by atoms with E-state index in [9.17, 15) is 35.5 Å². The SMILES string of the molecule is CC(O)C(O)[C@H]1C(COS(=O)(=O)O)OCC(NS(=O)(=O)O)[C@H]1OS(=O)(=O)O. The Labute approximate surface area is 155 Å². The third-order valence-corrected chi connectivity index (χ3v) is 5.00. The number of nitrogens with one attached hydrogen (secondary N) is 1. The molecule has 1 fully saturated rings. The molecule has 0 aromatic heterocycles. The van der Waals surface area contributed by atoms with E-state index in [0.717, 1.165) is 6.92 Å². The van der Waals surface area contributed by atoms with Gasteiger partial charge in [0.25, 0.3) is 0 Å². The molecule has 0 spiro atoms. The lowest BCUT2D eigenvalue weighted by atomic mass is 9.83. The minimum Gasteiger partial charge on any atom is -0.391 e. The predicted molar refractivity (Wildman–Crippen MR) is 83.3 cm³/mol. The van der Waals surface area contributed by atoms with Gasteiger partial charge in [-0.15, -0.1) is 0 Å². The van der Waals surface area contributed by atoms with Gasteiger partial charge in [0.1, 0.15) is 6.10 Å². The van der Waals surface area contributed by atoms with Crippen LogP contribution in [0.25, 0.3) is 0 Å². The fraction of sp³-hybridized carbons (Fsp3) is 1.00. The van der Waals surface area contributed by atoms with Gasteiger partial charge in [-0.25, -0.2) is 8.37 Å². The second-order valence-corrected chi connectivity index (χ2v) is 8.91. The molecule has 27 heavy (non-hydrogen) atoms. The largest absolute Gasteiger partial charge is 0.397 e. The Morgan fingerprint density at radius 3 is 2.04 bits per heavy atom. The lowest BCUT2D eigenvalue weighted by molar-refractivity contribution is -0.162. The van der Waals surface area contributed by atoms with Gasteiger partial charge in [0.15, 0.2) is 0 Å². The molecule has 0 aliphatic carbocycles. The Balaban J connectivity index is 3.30. The molecule has 0 radical (unpaired) electrons. The molecule has 1 heterocycles. The summed E-state index contributed by atoms with van der Waals surface area (Å²) in [5, 5.41) is 19.7. The normalized spacial score (nSPS) is 30.0. The van der Waals surface area contributed by atoms with Gasteiger partial charge in [0, 0.05) is 5.92 Å². The van der Waals surface area contributed by atoms with Gasteiger partial charge in [-0.3, -0.25) is 13.7 Å². The fourth-order valence-electron chi connectivity index (χ4n) is 2.53. The maximum absolute atomic E-state index is 11.1. The lowest BCUT2D eigenvalue weighted by Crippen LogP contribution is -2.62. The Morgan fingerprint density at radius 1 is 1.07 bits per heavy atom. The van der Waals surface area contributed by atoms with E-state index in [1.807, 2.05) is 0 Å². The average molecular weight is 461 g/mol. The molecule has 1 aliphatic heterocycles. The van der Waals surface area contributed by atoms with Gasteiger partial charge in [0.05, 0.1) is 37.6 Å². The summed E-state index contributed by atoms with van der Waals surface area (Å²) in [6.07, 6.45) is -7.03. The topological polar surface area (TPSA) is 243 Å². The average Bonchev–Trinajstić information content (AvgIpc) is 2.42. The van der Waals surface area contributed by atoms with Gasteiger partial charge in [-0.1, -0.05) is 0 Å². The van der Waals surface area contributed by atoms with E-state index < -0.39 is 80.7 Å². The summed E-state index contributed by atoms with van der Waals surface area (Å²) in [5.74, 6) is -1.71. The molecule has 0 amide bonds. The first-order valence-electron chi connectivity index (χ1n) is 7.00. The van der Waals surface area contributed by atoms with E-state index in [0.29, 0.717) is 0 Å². The molecular formula is C9H19NO14S3. The molecular weight excluding hydrogens is 442 g/mol. The number of hydrogen-bond donors (Lipinski definition) is 6. The molecule has 0 aromatic rings. The van der Waals surface area contributed by atoms with Crippen LogP contribution in [0.3, 0.4) is 0 Å². The zero-order valence-electron chi connectivity index (χ0n) is 13.5. The zero-order valence-corrected chi connectivity index (χ0v) is 16.0. The molecule has 18 heteroatoms. The first-order valence-corrected chi connectivity index (χ1v) is 11.2. The van der Waals surface area contributed by atoms with Crippen LogP contribution < -0.4 is 4.72 Å². The van der Waals surface area contributed by atoms with E-state index in [-0.39, 0.29) is 0 Å². The molecule has 0 aromatic carbocycles. The van der Waals surface area contributed by atoms with Crippen molar-refractivity contribution in [3.05, 3.63) is 0 Å². The predicted octanol–water partition coefficient (Wildman–Crippen LogP) is -3.49. The Kier molecular flexibility index (Phi) is 8.07. The van der Waals surface area contributed by atoms with Crippen LogP contribution >= 0.6 is 0 Å². The van der Waals surface area contributed by atoms with Crippen molar-refractivity contribution < 1.29 is 62.2 Å². The van der Waals surface area contributed by atoms with Crippen molar-refractivity contribution >= 4 is 31.1 Å². The minimum atomic E-state index is -5.24. The number of ether oxygens (including phenoxy) is 1. The molecule has 6 N–H and O–H groups in total. The van der Waals surface area contributed by atoms with E-state index >= 15 is 0 Å². The highest BCUT2D eigenvalue weighted by Gasteiger charge is 2.49. The first kappa shape index (κ1) is 24.5. The quantitative estimate of drug-likeness (QED) is 0.183. The van der Waals surface area contributed by atoms with Crippen LogP contribution in [0.2, 0.25) is 0 Å². The minimum absolute atomic E-state index is 0.734. The van der Waals surface area contributed by atoms with Gasteiger partial charge in [-0.2, -0.15) is 30.0 Å². The van der Waals surface area contributed by atoms with Gasteiger partial charge >= 0.3 is 31.1 Å². The van der Waals surface area contributed by atoms with E-state index in [2.05, 4.69) is 8.37 Å². The number of rotatable bonds is 9. The van der Waals surface area contributed by atoms with Crippen molar-refractivity contribution in [2.24, 2.45) is 5.92 Å². The summed E-state index contributed by atoms with van der Waals surface area (Å²) in [6.45, 7) is -0.671. The van der Waals surface area contributed by atoms with Crippen molar-refractivity contribution in [3.63, 3.8) is 0 Å². The van der Waals surface area contributed by atoms with Crippen LogP contribution in [0.15, 0.2) is 0 Å². The zero-order chi connectivity index (χ0) is 21.2. The molecule has 4 unspecified atom stereocenters. The highest BCUT2D eigenvalue weighted by molar-refractivity contribution is 7.83. The van der Waals surface area contributed by atoms with Crippen molar-refractivity contribution in [1.82, 2.24) is 4.72 Å². The van der Waals surface area contributed by atoms with Crippen LogP contribution in [-0.4, -0.2) is 92.8 Å². The van der Waals surface area contributed by atoms with Crippen LogP contribution in [0.4, 0.5) is 0 Å². The van der Waals surface area contributed by atoms with Gasteiger partial charge in [0.2, 0.25) is 0 Å². The van der Waals surface area contributed by atoms with Crippen LogP contribution in [0.5, 0.6) is 0 Å². The summed E-state index contributed by atoms with van der Waals surface area (Å²) in [6, 6.07) is -1.69. The molecule has 1 saturated heterocycles. The van der Waals surface area contributed by atoms with E-state index in [1.54, 1.807) is 4.72 Å². The van der Waals surface area contributed by atoms with Crippen LogP contribution in [0, 0.1) is 5.92 Å². The summed E-state index contributed by atoms with van der Waals surface area (Å²) >= 11 is 0. The highest BCUT2D eigenvalue weighted by Crippen LogP contribution is 2.31. The number of hydrogen-bond acceptors (Lipinski definition) is 11. The van der Waals surface area contributed by atoms with Gasteiger partial charge < -0.3 is 14.9 Å². The molecule has 1 aliphatic rings. The second-order valence-electron chi connectivity index (χ2n) is 5.58. The first-order chi connectivity index (χ1) is 12.0. The van der Waals surface area contributed by atoms with E-state index in [1.165, 1.54) is 0 Å². The highest BCUT2D eigenvalue weighted by atomic mass is 32.3. The van der Waals surface area contributed by atoms with Crippen molar-refractivity contribution in [2.45, 2.75) is 37.4 Å². The summed E-state index contributed by atoms with van der Waals surface area (Å²) in [5.41, 5.74) is 0. The second kappa shape index (κ2) is 8.88. The maximum atomic E-state index is 11.1. The van der Waals surface area contributed by atoms with Crippen LogP contribution in [0.1, 0.15) is 6.92 Å². The number of aliphatic hydroxyl groups excluding tert-OH is 2. The van der Waals surface area contributed by atoms with Crippen molar-refractivity contribution in [3.8, 4) is 0 Å². The number of aliphatic hydroxyl groups is 2. The third kappa shape index (κ3) is 8.58. The van der Waals surface area contributed by atoms with Gasteiger partial charge in [-0.05, 0) is 6.92 Å². The molecule has 15 nitrogen and oxygen atoms in total. The van der Waals surface area contributed by atoms with Crippen molar-refractivity contribution in [1.29, 1.82) is 0 Å². The third-order valence-electron chi connectivity index (χ3n) is 3.50. The molecule has 0 saturated carbocycles. The summed E-state index contributed by atoms with van der Waals surface area (Å²) in [7, 11) is -15.1. The molecule has 6 atom stereocenters. The molecule has 0 bridgehead atoms. The Hall–Kier alpha value is -0.510. The van der Waals surface area contributed by atoms with E-state index in [4.69, 9.17) is 18.4 Å². The monoisotopic (exact) mass is 461 g/mol. The van der Waals surface area contributed by atoms with Crippen molar-refractivity contribution in [2.75, 3.05) is 13.2 Å². The Bertz CT molecular complexity index is 805. The lowest BCUT2D eigenvalue weighted by Gasteiger charge is -2.43. The van der Waals surface area contributed by atoms with Crippen LogP contribution in [-0.2, 0) is 44.2 Å². The summed E-state index contributed by atoms with van der Waals surface area (Å²) < 4.78 is 107. The molecule has 162 valence electrons. The Morgan fingerprint density at radius 2 is 1.63 bits per heavy atom. The smallest absolute Gasteiger partial charge is 0.391 e. The molecule has 1 rings (SSSR count). The standard InChI is InChI=1S/C9H19NO14S3/c1-4(11)8(12)7-6(3-23-26(16,17)18)22-2-5(10-25(13,14)15)9(7)24-27(19,20)21/h4-12H,2-3H2,1H3,(H,13,14,15)(H,16,17,18)(H,19,20,21)/t4?,5?,6?,7-,8?,9-/m1/s1. The fourth-order valence-corrected chi connectivity index (χ4v) is 3.96. The maximum Gasteiger partial charge on any atom is 0.397 e. The summed E-state index contributed by atoms with van der Waals surface area (Å²) in [4.78, 5) is 0.